The molecular formula is C21H23ClN4O3. The summed E-state index contributed by atoms with van der Waals surface area (Å²) in [5, 5.41) is 23.7. The van der Waals surface area contributed by atoms with E-state index in [-0.39, 0.29) is 13.2 Å². The summed E-state index contributed by atoms with van der Waals surface area (Å²) >= 11 is 6.20. The Kier molecular flexibility index (Phi) is 5.31. The van der Waals surface area contributed by atoms with Crippen LogP contribution in [0.5, 0.6) is 0 Å². The van der Waals surface area contributed by atoms with Crippen LogP contribution in [0.15, 0.2) is 40.9 Å². The summed E-state index contributed by atoms with van der Waals surface area (Å²) in [6.45, 7) is 2.54. The molecule has 0 bridgehead atoms. The quantitative estimate of drug-likeness (QED) is 0.568. The number of halogens is 1. The third-order valence-electron chi connectivity index (χ3n) is 5.31. The molecule has 2 heterocycles. The minimum atomic E-state index is -1.03. The third kappa shape index (κ3) is 3.86. The summed E-state index contributed by atoms with van der Waals surface area (Å²) in [7, 11) is 0. The van der Waals surface area contributed by atoms with Gasteiger partial charge in [0, 0.05) is 34.9 Å². The molecule has 0 atom stereocenters. The Bertz CT molecular complexity index is 1030. The molecule has 3 aromatic rings. The SMILES string of the molecule is Cc1ccc(-c2nc(-c3ccc4c(c3)CCN4CC(N)(CO)CO)no2)cc1Cl. The van der Waals surface area contributed by atoms with E-state index >= 15 is 0 Å². The number of fused-ring (bicyclic) bond motifs is 1. The van der Waals surface area contributed by atoms with Crippen molar-refractivity contribution < 1.29 is 14.7 Å². The molecule has 0 spiro atoms. The Morgan fingerprint density at radius 3 is 2.66 bits per heavy atom. The monoisotopic (exact) mass is 414 g/mol. The molecule has 8 heteroatoms. The second-order valence-corrected chi connectivity index (χ2v) is 7.99. The van der Waals surface area contributed by atoms with Gasteiger partial charge in [-0.15, -0.1) is 0 Å². The van der Waals surface area contributed by atoms with E-state index in [0.29, 0.717) is 23.3 Å². The number of benzene rings is 2. The fourth-order valence-electron chi connectivity index (χ4n) is 3.49. The van der Waals surface area contributed by atoms with Crippen LogP contribution in [0.4, 0.5) is 5.69 Å². The summed E-state index contributed by atoms with van der Waals surface area (Å²) in [6.07, 6.45) is 0.842. The molecule has 0 saturated heterocycles. The molecule has 2 aromatic carbocycles. The van der Waals surface area contributed by atoms with Crippen LogP contribution < -0.4 is 10.6 Å². The van der Waals surface area contributed by atoms with Crippen LogP contribution in [-0.4, -0.2) is 52.2 Å². The maximum absolute atomic E-state index is 9.47. The molecule has 0 aliphatic carbocycles. The van der Waals surface area contributed by atoms with Crippen molar-refractivity contribution in [1.82, 2.24) is 10.1 Å². The lowest BCUT2D eigenvalue weighted by Gasteiger charge is -2.31. The van der Waals surface area contributed by atoms with Gasteiger partial charge in [0.2, 0.25) is 5.82 Å². The van der Waals surface area contributed by atoms with Crippen molar-refractivity contribution in [1.29, 1.82) is 0 Å². The summed E-state index contributed by atoms with van der Waals surface area (Å²) < 4.78 is 5.43. The molecule has 4 N–H and O–H groups in total. The highest BCUT2D eigenvalue weighted by Crippen LogP contribution is 2.33. The van der Waals surface area contributed by atoms with Crippen LogP contribution in [0, 0.1) is 6.92 Å². The van der Waals surface area contributed by atoms with Gasteiger partial charge in [-0.25, -0.2) is 0 Å². The maximum atomic E-state index is 9.47. The molecule has 0 unspecified atom stereocenters. The molecule has 7 nitrogen and oxygen atoms in total. The van der Waals surface area contributed by atoms with Crippen molar-refractivity contribution in [2.75, 3.05) is 31.2 Å². The first-order valence-corrected chi connectivity index (χ1v) is 9.79. The molecule has 152 valence electrons. The molecule has 0 radical (unpaired) electrons. The van der Waals surface area contributed by atoms with E-state index < -0.39 is 5.54 Å². The van der Waals surface area contributed by atoms with Gasteiger partial charge >= 0.3 is 0 Å². The minimum absolute atomic E-state index is 0.276. The normalized spacial score (nSPS) is 13.8. The molecule has 0 saturated carbocycles. The minimum Gasteiger partial charge on any atom is -0.394 e. The number of aliphatic hydroxyl groups is 2. The van der Waals surface area contributed by atoms with E-state index in [9.17, 15) is 10.2 Å². The van der Waals surface area contributed by atoms with Crippen LogP contribution in [0.2, 0.25) is 5.02 Å². The van der Waals surface area contributed by atoms with E-state index in [1.807, 2.05) is 43.3 Å². The molecule has 1 aromatic heterocycles. The van der Waals surface area contributed by atoms with Crippen molar-refractivity contribution in [2.45, 2.75) is 18.9 Å². The number of rotatable bonds is 6. The van der Waals surface area contributed by atoms with Crippen LogP contribution >= 0.6 is 11.6 Å². The largest absolute Gasteiger partial charge is 0.394 e. The fourth-order valence-corrected chi connectivity index (χ4v) is 3.67. The molecule has 29 heavy (non-hydrogen) atoms. The van der Waals surface area contributed by atoms with Gasteiger partial charge in [-0.2, -0.15) is 4.98 Å². The number of nitrogens with two attached hydrogens (primary N) is 1. The fraction of sp³-hybridized carbons (Fsp3) is 0.333. The van der Waals surface area contributed by atoms with Gasteiger partial charge in [0.05, 0.1) is 18.8 Å². The maximum Gasteiger partial charge on any atom is 0.258 e. The smallest absolute Gasteiger partial charge is 0.258 e. The van der Waals surface area contributed by atoms with E-state index in [1.54, 1.807) is 0 Å². The number of hydrogen-bond acceptors (Lipinski definition) is 7. The predicted octanol–water partition coefficient (Wildman–Crippen LogP) is 2.41. The highest BCUT2D eigenvalue weighted by atomic mass is 35.5. The summed E-state index contributed by atoms with van der Waals surface area (Å²) in [4.78, 5) is 6.60. The Morgan fingerprint density at radius 1 is 1.17 bits per heavy atom. The zero-order chi connectivity index (χ0) is 20.6. The average molecular weight is 415 g/mol. The van der Waals surface area contributed by atoms with Crippen molar-refractivity contribution in [3.8, 4) is 22.8 Å². The number of hydrogen-bond donors (Lipinski definition) is 3. The number of aryl methyl sites for hydroxylation is 1. The summed E-state index contributed by atoms with van der Waals surface area (Å²) in [5.74, 6) is 0.930. The Labute approximate surface area is 173 Å². The Morgan fingerprint density at radius 2 is 1.93 bits per heavy atom. The third-order valence-corrected chi connectivity index (χ3v) is 5.72. The first kappa shape index (κ1) is 19.8. The number of anilines is 1. The van der Waals surface area contributed by atoms with Gasteiger partial charge in [-0.05, 0) is 54.8 Å². The first-order chi connectivity index (χ1) is 13.9. The second kappa shape index (κ2) is 7.76. The predicted molar refractivity (Wildman–Crippen MR) is 112 cm³/mol. The Hall–Kier alpha value is -2.45. The van der Waals surface area contributed by atoms with Gasteiger partial charge < -0.3 is 25.4 Å². The lowest BCUT2D eigenvalue weighted by Crippen LogP contribution is -2.55. The van der Waals surface area contributed by atoms with Crippen molar-refractivity contribution in [3.05, 3.63) is 52.5 Å². The Balaban J connectivity index is 1.57. The average Bonchev–Trinajstić information content (AvgIpc) is 3.37. The van der Waals surface area contributed by atoms with E-state index in [4.69, 9.17) is 21.9 Å². The molecule has 0 amide bonds. The molecule has 1 aliphatic rings. The van der Waals surface area contributed by atoms with Crippen molar-refractivity contribution in [2.24, 2.45) is 5.73 Å². The van der Waals surface area contributed by atoms with Crippen LogP contribution in [0.3, 0.4) is 0 Å². The van der Waals surface area contributed by atoms with Crippen molar-refractivity contribution >= 4 is 17.3 Å². The van der Waals surface area contributed by atoms with Gasteiger partial charge in [0.15, 0.2) is 0 Å². The van der Waals surface area contributed by atoms with Crippen LogP contribution in [0.25, 0.3) is 22.8 Å². The first-order valence-electron chi connectivity index (χ1n) is 9.41. The lowest BCUT2D eigenvalue weighted by atomic mass is 10.0. The summed E-state index contributed by atoms with van der Waals surface area (Å²) in [5.41, 5.74) is 9.83. The number of nitrogens with zero attached hydrogens (tertiary/aromatic N) is 3. The zero-order valence-electron chi connectivity index (χ0n) is 16.1. The number of aromatic nitrogens is 2. The highest BCUT2D eigenvalue weighted by Gasteiger charge is 2.30. The van der Waals surface area contributed by atoms with Gasteiger partial charge in [-0.3, -0.25) is 0 Å². The van der Waals surface area contributed by atoms with E-state index in [0.717, 1.165) is 40.9 Å². The second-order valence-electron chi connectivity index (χ2n) is 7.58. The lowest BCUT2D eigenvalue weighted by molar-refractivity contribution is 0.125. The van der Waals surface area contributed by atoms with Gasteiger partial charge in [0.25, 0.3) is 5.89 Å². The molecule has 0 fully saturated rings. The summed E-state index contributed by atoms with van der Waals surface area (Å²) in [6, 6.07) is 11.6. The highest BCUT2D eigenvalue weighted by molar-refractivity contribution is 6.31. The van der Waals surface area contributed by atoms with Gasteiger partial charge in [-0.1, -0.05) is 22.8 Å². The van der Waals surface area contributed by atoms with Gasteiger partial charge in [0.1, 0.15) is 0 Å². The van der Waals surface area contributed by atoms with Crippen LogP contribution in [-0.2, 0) is 6.42 Å². The molecule has 1 aliphatic heterocycles. The van der Waals surface area contributed by atoms with E-state index in [2.05, 4.69) is 15.0 Å². The standard InChI is InChI=1S/C21H23ClN4O3/c1-13-2-3-16(9-17(13)22)20-24-19(25-29-20)15-4-5-18-14(8-15)6-7-26(18)10-21(23,11-27)12-28/h2-5,8-9,27-28H,6-7,10-12,23H2,1H3. The zero-order valence-corrected chi connectivity index (χ0v) is 16.9. The van der Waals surface area contributed by atoms with Crippen molar-refractivity contribution in [3.63, 3.8) is 0 Å². The van der Waals surface area contributed by atoms with Crippen LogP contribution in [0.1, 0.15) is 11.1 Å². The number of aliphatic hydroxyl groups excluding tert-OH is 2. The van der Waals surface area contributed by atoms with E-state index in [1.165, 1.54) is 0 Å². The molecule has 4 rings (SSSR count). The molecular weight excluding hydrogens is 392 g/mol. The topological polar surface area (TPSA) is 109 Å².